The molecule has 0 bridgehead atoms. The molecule has 0 saturated heterocycles. The van der Waals surface area contributed by atoms with Gasteiger partial charge in [-0.15, -0.1) is 6.42 Å². The van der Waals surface area contributed by atoms with Crippen LogP contribution in [-0.2, 0) is 9.47 Å². The zero-order valence-corrected chi connectivity index (χ0v) is 9.92. The third kappa shape index (κ3) is 9.74. The van der Waals surface area contributed by atoms with Crippen LogP contribution in [0.5, 0.6) is 0 Å². The van der Waals surface area contributed by atoms with E-state index in [-0.39, 0.29) is 6.04 Å². The van der Waals surface area contributed by atoms with E-state index in [0.29, 0.717) is 13.2 Å². The Morgan fingerprint density at radius 1 is 1.33 bits per heavy atom. The van der Waals surface area contributed by atoms with Crippen molar-refractivity contribution in [3.63, 3.8) is 0 Å². The first-order valence-corrected chi connectivity index (χ1v) is 5.61. The highest BCUT2D eigenvalue weighted by atomic mass is 16.5. The fraction of sp³-hybridized carbons (Fsp3) is 0.833. The number of methoxy groups -OCH3 is 1. The quantitative estimate of drug-likeness (QED) is 0.440. The number of hydrogen-bond donors (Lipinski definition) is 1. The standard InChI is InChI=1S/C12H23NO2/c1-4-7-12(5-2)13-8-6-9-15-11-10-14-3/h2,12-13H,4,6-11H2,1,3H3. The molecule has 3 nitrogen and oxygen atoms in total. The van der Waals surface area contributed by atoms with E-state index >= 15 is 0 Å². The molecule has 0 heterocycles. The third-order valence-electron chi connectivity index (χ3n) is 2.07. The zero-order valence-electron chi connectivity index (χ0n) is 9.92. The average Bonchev–Trinajstić information content (AvgIpc) is 2.26. The topological polar surface area (TPSA) is 30.5 Å². The molecule has 0 aliphatic rings. The lowest BCUT2D eigenvalue weighted by Gasteiger charge is -2.11. The van der Waals surface area contributed by atoms with Gasteiger partial charge in [-0.3, -0.25) is 0 Å². The van der Waals surface area contributed by atoms with Crippen LogP contribution < -0.4 is 5.32 Å². The van der Waals surface area contributed by atoms with Crippen molar-refractivity contribution in [2.75, 3.05) is 33.5 Å². The van der Waals surface area contributed by atoms with Crippen LogP contribution >= 0.6 is 0 Å². The Morgan fingerprint density at radius 2 is 2.13 bits per heavy atom. The molecule has 0 rings (SSSR count). The minimum atomic E-state index is 0.217. The molecule has 3 heteroatoms. The van der Waals surface area contributed by atoms with Crippen LogP contribution in [-0.4, -0.2) is 39.5 Å². The van der Waals surface area contributed by atoms with Gasteiger partial charge in [0, 0.05) is 13.7 Å². The lowest BCUT2D eigenvalue weighted by Crippen LogP contribution is -2.29. The average molecular weight is 213 g/mol. The van der Waals surface area contributed by atoms with Crippen molar-refractivity contribution in [1.82, 2.24) is 5.32 Å². The molecular formula is C12H23NO2. The maximum atomic E-state index is 5.38. The van der Waals surface area contributed by atoms with Crippen LogP contribution in [0.3, 0.4) is 0 Å². The summed E-state index contributed by atoms with van der Waals surface area (Å²) in [5, 5.41) is 3.31. The molecule has 0 aromatic carbocycles. The molecule has 88 valence electrons. The fourth-order valence-corrected chi connectivity index (χ4v) is 1.23. The Morgan fingerprint density at radius 3 is 2.73 bits per heavy atom. The smallest absolute Gasteiger partial charge is 0.0700 e. The maximum Gasteiger partial charge on any atom is 0.0700 e. The van der Waals surface area contributed by atoms with Crippen LogP contribution in [0.15, 0.2) is 0 Å². The van der Waals surface area contributed by atoms with Gasteiger partial charge in [0.05, 0.1) is 19.3 Å². The van der Waals surface area contributed by atoms with Crippen molar-refractivity contribution in [3.8, 4) is 12.3 Å². The van der Waals surface area contributed by atoms with Crippen LogP contribution in [0.2, 0.25) is 0 Å². The number of terminal acetylenes is 1. The molecule has 0 aromatic rings. The lowest BCUT2D eigenvalue weighted by molar-refractivity contribution is 0.0693. The molecule has 0 spiro atoms. The van der Waals surface area contributed by atoms with Gasteiger partial charge in [-0.2, -0.15) is 0 Å². The number of hydrogen-bond acceptors (Lipinski definition) is 3. The summed E-state index contributed by atoms with van der Waals surface area (Å²) in [7, 11) is 1.67. The van der Waals surface area contributed by atoms with E-state index in [0.717, 1.165) is 32.4 Å². The zero-order chi connectivity index (χ0) is 11.4. The second kappa shape index (κ2) is 11.5. The van der Waals surface area contributed by atoms with E-state index in [1.54, 1.807) is 7.11 Å². The predicted octanol–water partition coefficient (Wildman–Crippen LogP) is 1.43. The van der Waals surface area contributed by atoms with Crippen LogP contribution in [0.1, 0.15) is 26.2 Å². The van der Waals surface area contributed by atoms with Crippen molar-refractivity contribution in [2.24, 2.45) is 0 Å². The van der Waals surface area contributed by atoms with Gasteiger partial charge < -0.3 is 14.8 Å². The Balaban J connectivity index is 3.19. The van der Waals surface area contributed by atoms with Crippen molar-refractivity contribution < 1.29 is 9.47 Å². The molecule has 0 aromatic heterocycles. The lowest BCUT2D eigenvalue weighted by atomic mass is 10.2. The molecule has 1 N–H and O–H groups in total. The molecule has 0 aliphatic heterocycles. The van der Waals surface area contributed by atoms with E-state index < -0.39 is 0 Å². The summed E-state index contributed by atoms with van der Waals surface area (Å²) < 4.78 is 10.2. The van der Waals surface area contributed by atoms with Gasteiger partial charge >= 0.3 is 0 Å². The molecule has 15 heavy (non-hydrogen) atoms. The predicted molar refractivity (Wildman–Crippen MR) is 62.8 cm³/mol. The SMILES string of the molecule is C#CC(CCC)NCCCOCCOC. The first-order chi connectivity index (χ1) is 7.35. The molecule has 1 atom stereocenters. The van der Waals surface area contributed by atoms with Gasteiger partial charge in [0.1, 0.15) is 0 Å². The van der Waals surface area contributed by atoms with E-state index in [1.807, 2.05) is 0 Å². The molecule has 1 unspecified atom stereocenters. The second-order valence-corrected chi connectivity index (χ2v) is 3.42. The third-order valence-corrected chi connectivity index (χ3v) is 2.07. The largest absolute Gasteiger partial charge is 0.382 e. The second-order valence-electron chi connectivity index (χ2n) is 3.42. The number of ether oxygens (including phenoxy) is 2. The van der Waals surface area contributed by atoms with Crippen LogP contribution in [0, 0.1) is 12.3 Å². The van der Waals surface area contributed by atoms with E-state index in [1.165, 1.54) is 0 Å². The summed E-state index contributed by atoms with van der Waals surface area (Å²) in [5.74, 6) is 2.74. The Labute approximate surface area is 93.5 Å². The summed E-state index contributed by atoms with van der Waals surface area (Å²) in [4.78, 5) is 0. The monoisotopic (exact) mass is 213 g/mol. The van der Waals surface area contributed by atoms with Crippen molar-refractivity contribution >= 4 is 0 Å². The molecule has 0 radical (unpaired) electrons. The summed E-state index contributed by atoms with van der Waals surface area (Å²) in [6, 6.07) is 0.217. The van der Waals surface area contributed by atoms with Crippen molar-refractivity contribution in [3.05, 3.63) is 0 Å². The minimum Gasteiger partial charge on any atom is -0.382 e. The summed E-state index contributed by atoms with van der Waals surface area (Å²) in [6.45, 7) is 5.15. The molecular weight excluding hydrogens is 190 g/mol. The van der Waals surface area contributed by atoms with Crippen molar-refractivity contribution in [2.45, 2.75) is 32.2 Å². The minimum absolute atomic E-state index is 0.217. The Hall–Kier alpha value is -0.560. The Bertz CT molecular complexity index is 165. The summed E-state index contributed by atoms with van der Waals surface area (Å²) in [5.41, 5.74) is 0. The van der Waals surface area contributed by atoms with E-state index in [9.17, 15) is 0 Å². The van der Waals surface area contributed by atoms with Gasteiger partial charge in [-0.1, -0.05) is 19.3 Å². The number of nitrogens with one attached hydrogen (secondary N) is 1. The summed E-state index contributed by atoms with van der Waals surface area (Å²) in [6.07, 6.45) is 8.53. The van der Waals surface area contributed by atoms with Gasteiger partial charge in [-0.25, -0.2) is 0 Å². The van der Waals surface area contributed by atoms with E-state index in [4.69, 9.17) is 15.9 Å². The van der Waals surface area contributed by atoms with Gasteiger partial charge in [0.15, 0.2) is 0 Å². The number of rotatable bonds is 10. The molecule has 0 aliphatic carbocycles. The normalized spacial score (nSPS) is 12.3. The van der Waals surface area contributed by atoms with Gasteiger partial charge in [-0.05, 0) is 19.4 Å². The van der Waals surface area contributed by atoms with Crippen molar-refractivity contribution in [1.29, 1.82) is 0 Å². The fourth-order valence-electron chi connectivity index (χ4n) is 1.23. The highest BCUT2D eigenvalue weighted by molar-refractivity contribution is 4.98. The van der Waals surface area contributed by atoms with Crippen LogP contribution in [0.4, 0.5) is 0 Å². The van der Waals surface area contributed by atoms with Gasteiger partial charge in [0.2, 0.25) is 0 Å². The molecule has 0 saturated carbocycles. The van der Waals surface area contributed by atoms with Crippen LogP contribution in [0.25, 0.3) is 0 Å². The first-order valence-electron chi connectivity index (χ1n) is 5.61. The highest BCUT2D eigenvalue weighted by Gasteiger charge is 2.00. The summed E-state index contributed by atoms with van der Waals surface area (Å²) >= 11 is 0. The molecule has 0 amide bonds. The molecule has 0 fully saturated rings. The van der Waals surface area contributed by atoms with Gasteiger partial charge in [0.25, 0.3) is 0 Å². The van der Waals surface area contributed by atoms with E-state index in [2.05, 4.69) is 18.2 Å². The maximum absolute atomic E-state index is 5.38. The Kier molecular flexibility index (Phi) is 11.1. The highest BCUT2D eigenvalue weighted by Crippen LogP contribution is 1.94. The first kappa shape index (κ1) is 14.4.